The van der Waals surface area contributed by atoms with Gasteiger partial charge in [-0.3, -0.25) is 19.0 Å². The van der Waals surface area contributed by atoms with Crippen LogP contribution in [0.15, 0.2) is 41.5 Å². The summed E-state index contributed by atoms with van der Waals surface area (Å²) >= 11 is 1.45. The third kappa shape index (κ3) is 4.37. The Morgan fingerprint density at radius 3 is 2.55 bits per heavy atom. The summed E-state index contributed by atoms with van der Waals surface area (Å²) in [7, 11) is 0. The number of para-hydroxylation sites is 1. The maximum atomic E-state index is 12.7. The van der Waals surface area contributed by atoms with Gasteiger partial charge in [-0.05, 0) is 45.4 Å². The number of rotatable bonds is 6. The number of anilines is 1. The van der Waals surface area contributed by atoms with Crippen molar-refractivity contribution in [3.05, 3.63) is 57.5 Å². The van der Waals surface area contributed by atoms with Crippen LogP contribution in [0.5, 0.6) is 0 Å². The number of carbonyl (C=O) groups is 2. The van der Waals surface area contributed by atoms with E-state index in [9.17, 15) is 14.4 Å². The average Bonchev–Trinajstić information content (AvgIpc) is 2.98. The van der Waals surface area contributed by atoms with Gasteiger partial charge in [0.1, 0.15) is 11.4 Å². The Kier molecular flexibility index (Phi) is 6.12. The Morgan fingerprint density at radius 1 is 1.21 bits per heavy atom. The van der Waals surface area contributed by atoms with E-state index in [1.165, 1.54) is 22.2 Å². The van der Waals surface area contributed by atoms with E-state index in [-0.39, 0.29) is 24.1 Å². The normalized spacial score (nSPS) is 11.1. The molecule has 2 heterocycles. The third-order valence-corrected chi connectivity index (χ3v) is 5.75. The standard InChI is InChI=1S/C21H23N3O4S/c1-13(2)24(16-8-6-5-7-9-16)17(25)11-28-18(26)10-23-12-22-20-19(21(23)27)14(3)15(4)29-20/h5-9,12-13H,10-11H2,1-4H3. The molecule has 8 heteroatoms. The molecule has 3 aromatic rings. The monoisotopic (exact) mass is 413 g/mol. The molecule has 0 unspecified atom stereocenters. The van der Waals surface area contributed by atoms with Crippen molar-refractivity contribution < 1.29 is 14.3 Å². The van der Waals surface area contributed by atoms with E-state index in [4.69, 9.17) is 4.74 Å². The lowest BCUT2D eigenvalue weighted by molar-refractivity contribution is -0.148. The van der Waals surface area contributed by atoms with Gasteiger partial charge in [0.2, 0.25) is 0 Å². The Morgan fingerprint density at radius 2 is 1.90 bits per heavy atom. The van der Waals surface area contributed by atoms with Gasteiger partial charge < -0.3 is 9.64 Å². The van der Waals surface area contributed by atoms with Gasteiger partial charge in [-0.25, -0.2) is 4.98 Å². The molecule has 1 aromatic carbocycles. The van der Waals surface area contributed by atoms with E-state index in [2.05, 4.69) is 4.98 Å². The number of aryl methyl sites for hydroxylation is 2. The highest BCUT2D eigenvalue weighted by atomic mass is 32.1. The molecule has 7 nitrogen and oxygen atoms in total. The fraction of sp³-hybridized carbons (Fsp3) is 0.333. The summed E-state index contributed by atoms with van der Waals surface area (Å²) in [5.74, 6) is -0.993. The van der Waals surface area contributed by atoms with Crippen LogP contribution in [0.2, 0.25) is 0 Å². The molecule has 2 aromatic heterocycles. The smallest absolute Gasteiger partial charge is 0.326 e. The van der Waals surface area contributed by atoms with Gasteiger partial charge in [-0.2, -0.15) is 0 Å². The van der Waals surface area contributed by atoms with Crippen molar-refractivity contribution in [1.82, 2.24) is 9.55 Å². The van der Waals surface area contributed by atoms with E-state index in [1.807, 2.05) is 58.0 Å². The second-order valence-corrected chi connectivity index (χ2v) is 8.20. The number of aromatic nitrogens is 2. The Balaban J connectivity index is 1.69. The first-order valence-corrected chi connectivity index (χ1v) is 10.1. The van der Waals surface area contributed by atoms with Gasteiger partial charge in [0.25, 0.3) is 11.5 Å². The lowest BCUT2D eigenvalue weighted by atomic mass is 10.2. The van der Waals surface area contributed by atoms with Crippen LogP contribution in [0.4, 0.5) is 5.69 Å². The molecule has 152 valence electrons. The van der Waals surface area contributed by atoms with Crippen molar-refractivity contribution >= 4 is 39.1 Å². The summed E-state index contributed by atoms with van der Waals surface area (Å²) in [6.07, 6.45) is 1.34. The number of carbonyl (C=O) groups excluding carboxylic acids is 2. The number of fused-ring (bicyclic) bond motifs is 1. The number of benzene rings is 1. The van der Waals surface area contributed by atoms with E-state index in [1.54, 1.807) is 4.90 Å². The zero-order valence-corrected chi connectivity index (χ0v) is 17.7. The van der Waals surface area contributed by atoms with Crippen LogP contribution in [-0.2, 0) is 20.9 Å². The Hall–Kier alpha value is -3.00. The zero-order chi connectivity index (χ0) is 21.1. The molecule has 0 saturated heterocycles. The zero-order valence-electron chi connectivity index (χ0n) is 16.8. The van der Waals surface area contributed by atoms with Gasteiger partial charge in [0.05, 0.1) is 11.7 Å². The summed E-state index contributed by atoms with van der Waals surface area (Å²) in [4.78, 5) is 45.0. The highest BCUT2D eigenvalue weighted by molar-refractivity contribution is 7.18. The minimum atomic E-state index is -0.664. The molecule has 0 N–H and O–H groups in total. The minimum Gasteiger partial charge on any atom is -0.454 e. The van der Waals surface area contributed by atoms with Gasteiger partial charge in [0, 0.05) is 16.6 Å². The second-order valence-electron chi connectivity index (χ2n) is 6.99. The quantitative estimate of drug-likeness (QED) is 0.580. The molecule has 3 rings (SSSR count). The third-order valence-electron chi connectivity index (χ3n) is 4.63. The molecular formula is C21H23N3O4S. The SMILES string of the molecule is Cc1sc2ncn(CC(=O)OCC(=O)N(c3ccccc3)C(C)C)c(=O)c2c1C. The summed E-state index contributed by atoms with van der Waals surface area (Å²) < 4.78 is 6.36. The predicted octanol–water partition coefficient (Wildman–Crippen LogP) is 3.06. The first-order valence-electron chi connectivity index (χ1n) is 9.27. The lowest BCUT2D eigenvalue weighted by Gasteiger charge is -2.26. The molecule has 0 aliphatic carbocycles. The van der Waals surface area contributed by atoms with Crippen molar-refractivity contribution in [3.63, 3.8) is 0 Å². The molecule has 1 amide bonds. The Labute approximate surface area is 172 Å². The van der Waals surface area contributed by atoms with Gasteiger partial charge in [-0.15, -0.1) is 11.3 Å². The van der Waals surface area contributed by atoms with E-state index in [0.717, 1.165) is 16.1 Å². The fourth-order valence-electron chi connectivity index (χ4n) is 3.10. The van der Waals surface area contributed by atoms with E-state index < -0.39 is 12.6 Å². The van der Waals surface area contributed by atoms with Crippen LogP contribution >= 0.6 is 11.3 Å². The number of hydrogen-bond donors (Lipinski definition) is 0. The molecule has 0 fully saturated rings. The van der Waals surface area contributed by atoms with Gasteiger partial charge >= 0.3 is 5.97 Å². The van der Waals surface area contributed by atoms with Crippen molar-refractivity contribution in [1.29, 1.82) is 0 Å². The topological polar surface area (TPSA) is 81.5 Å². The van der Waals surface area contributed by atoms with Crippen molar-refractivity contribution in [2.75, 3.05) is 11.5 Å². The highest BCUT2D eigenvalue weighted by Gasteiger charge is 2.21. The first-order chi connectivity index (χ1) is 13.8. The molecule has 0 aliphatic heterocycles. The molecule has 0 atom stereocenters. The molecule has 0 saturated carbocycles. The number of hydrogen-bond acceptors (Lipinski definition) is 6. The summed E-state index contributed by atoms with van der Waals surface area (Å²) in [6.45, 7) is 6.88. The van der Waals surface area contributed by atoms with Crippen LogP contribution in [0, 0.1) is 13.8 Å². The number of ether oxygens (including phenoxy) is 1. The molecule has 0 aliphatic rings. The van der Waals surface area contributed by atoms with Crippen LogP contribution in [0.1, 0.15) is 24.3 Å². The second kappa shape index (κ2) is 8.57. The average molecular weight is 413 g/mol. The van der Waals surface area contributed by atoms with E-state index in [0.29, 0.717) is 10.2 Å². The maximum absolute atomic E-state index is 12.7. The van der Waals surface area contributed by atoms with Crippen LogP contribution in [-0.4, -0.2) is 34.1 Å². The highest BCUT2D eigenvalue weighted by Crippen LogP contribution is 2.25. The number of esters is 1. The van der Waals surface area contributed by atoms with Crippen molar-refractivity contribution in [3.8, 4) is 0 Å². The molecule has 0 radical (unpaired) electrons. The molecule has 0 spiro atoms. The maximum Gasteiger partial charge on any atom is 0.326 e. The van der Waals surface area contributed by atoms with Crippen LogP contribution < -0.4 is 10.5 Å². The van der Waals surface area contributed by atoms with Gasteiger partial charge in [0.15, 0.2) is 6.61 Å². The largest absolute Gasteiger partial charge is 0.454 e. The predicted molar refractivity (Wildman–Crippen MR) is 113 cm³/mol. The summed E-state index contributed by atoms with van der Waals surface area (Å²) in [5, 5.41) is 0.522. The van der Waals surface area contributed by atoms with Gasteiger partial charge in [-0.1, -0.05) is 18.2 Å². The minimum absolute atomic E-state index is 0.0948. The molecular weight excluding hydrogens is 390 g/mol. The molecule has 0 bridgehead atoms. The van der Waals surface area contributed by atoms with Crippen molar-refractivity contribution in [2.24, 2.45) is 0 Å². The van der Waals surface area contributed by atoms with Crippen LogP contribution in [0.25, 0.3) is 10.2 Å². The number of thiophene rings is 1. The summed E-state index contributed by atoms with van der Waals surface area (Å²) in [6, 6.07) is 9.10. The number of amides is 1. The Bertz CT molecular complexity index is 1100. The summed E-state index contributed by atoms with van der Waals surface area (Å²) in [5.41, 5.74) is 1.32. The van der Waals surface area contributed by atoms with Crippen molar-refractivity contribution in [2.45, 2.75) is 40.3 Å². The van der Waals surface area contributed by atoms with E-state index >= 15 is 0 Å². The molecule has 29 heavy (non-hydrogen) atoms. The van der Waals surface area contributed by atoms with Crippen LogP contribution in [0.3, 0.4) is 0 Å². The number of nitrogens with zero attached hydrogens (tertiary/aromatic N) is 3. The lowest BCUT2D eigenvalue weighted by Crippen LogP contribution is -2.40. The first kappa shape index (κ1) is 20.7. The fourth-order valence-corrected chi connectivity index (χ4v) is 4.09.